The number of ether oxygens (including phenoxy) is 2. The van der Waals surface area contributed by atoms with Gasteiger partial charge in [0.05, 0.1) is 28.4 Å². The van der Waals surface area contributed by atoms with Crippen molar-refractivity contribution >= 4 is 52.7 Å². The number of halogens is 3. The molecule has 5 nitrogen and oxygen atoms in total. The maximum Gasteiger partial charge on any atom is 0.262 e. The number of nitrogens with one attached hydrogen (secondary N) is 1. The van der Waals surface area contributed by atoms with E-state index in [1.54, 1.807) is 6.07 Å². The molecular formula is C16H12Cl3NO4. The van der Waals surface area contributed by atoms with Crippen LogP contribution in [0.25, 0.3) is 0 Å². The minimum absolute atomic E-state index is 0.207. The van der Waals surface area contributed by atoms with Crippen LogP contribution in [0.2, 0.25) is 15.1 Å². The molecule has 0 radical (unpaired) electrons. The second kappa shape index (κ2) is 8.24. The molecule has 1 amide bonds. The summed E-state index contributed by atoms with van der Waals surface area (Å²) in [5, 5.41) is 3.31. The van der Waals surface area contributed by atoms with Crippen molar-refractivity contribution in [1.29, 1.82) is 0 Å². The van der Waals surface area contributed by atoms with Gasteiger partial charge in [0, 0.05) is 5.02 Å². The van der Waals surface area contributed by atoms with Crippen molar-refractivity contribution in [3.63, 3.8) is 0 Å². The highest BCUT2D eigenvalue weighted by Crippen LogP contribution is 2.33. The van der Waals surface area contributed by atoms with Gasteiger partial charge in [0.25, 0.3) is 5.91 Å². The van der Waals surface area contributed by atoms with E-state index in [0.29, 0.717) is 17.1 Å². The molecule has 2 aromatic rings. The van der Waals surface area contributed by atoms with Crippen LogP contribution < -0.4 is 14.8 Å². The highest BCUT2D eigenvalue weighted by Gasteiger charge is 2.13. The first-order valence-electron chi connectivity index (χ1n) is 6.65. The van der Waals surface area contributed by atoms with E-state index in [1.165, 1.54) is 31.4 Å². The average molecular weight is 389 g/mol. The van der Waals surface area contributed by atoms with Gasteiger partial charge < -0.3 is 14.8 Å². The van der Waals surface area contributed by atoms with Crippen molar-refractivity contribution in [2.24, 2.45) is 0 Å². The van der Waals surface area contributed by atoms with E-state index < -0.39 is 5.91 Å². The van der Waals surface area contributed by atoms with Crippen LogP contribution >= 0.6 is 34.8 Å². The number of benzene rings is 2. The van der Waals surface area contributed by atoms with E-state index in [-0.39, 0.29) is 33.7 Å². The van der Waals surface area contributed by atoms with Gasteiger partial charge in [0.15, 0.2) is 12.9 Å². The number of anilines is 1. The third-order valence-electron chi connectivity index (χ3n) is 2.97. The molecule has 8 heteroatoms. The summed E-state index contributed by atoms with van der Waals surface area (Å²) in [5.74, 6) is 0.275. The SMILES string of the molecule is COc1ccc(OCC(=O)Nc2c(Cl)cc(Cl)cc2Cl)c(C=O)c1. The van der Waals surface area contributed by atoms with Crippen molar-refractivity contribution in [3.05, 3.63) is 51.0 Å². The molecule has 0 saturated carbocycles. The molecule has 1 N–H and O–H groups in total. The fourth-order valence-electron chi connectivity index (χ4n) is 1.86. The topological polar surface area (TPSA) is 64.6 Å². The molecule has 0 aliphatic rings. The Hall–Kier alpha value is -1.95. The highest BCUT2D eigenvalue weighted by atomic mass is 35.5. The van der Waals surface area contributed by atoms with Crippen LogP contribution in [0.4, 0.5) is 5.69 Å². The molecule has 0 heterocycles. The first kappa shape index (κ1) is 18.4. The number of aldehydes is 1. The van der Waals surface area contributed by atoms with E-state index in [0.717, 1.165) is 0 Å². The Balaban J connectivity index is 2.05. The number of hydrogen-bond donors (Lipinski definition) is 1. The van der Waals surface area contributed by atoms with Gasteiger partial charge in [-0.05, 0) is 30.3 Å². The van der Waals surface area contributed by atoms with Gasteiger partial charge in [-0.15, -0.1) is 0 Å². The molecule has 0 aliphatic carbocycles. The van der Waals surface area contributed by atoms with Crippen LogP contribution in [0.1, 0.15) is 10.4 Å². The Labute approximate surface area is 153 Å². The molecule has 2 rings (SSSR count). The zero-order chi connectivity index (χ0) is 17.7. The zero-order valence-electron chi connectivity index (χ0n) is 12.4. The Morgan fingerprint density at radius 2 is 1.83 bits per heavy atom. The third kappa shape index (κ3) is 4.54. The maximum atomic E-state index is 12.0. The summed E-state index contributed by atoms with van der Waals surface area (Å²) in [6.07, 6.45) is 0.614. The summed E-state index contributed by atoms with van der Waals surface area (Å²) in [6, 6.07) is 7.58. The lowest BCUT2D eigenvalue weighted by atomic mass is 10.2. The van der Waals surface area contributed by atoms with Gasteiger partial charge in [-0.2, -0.15) is 0 Å². The second-order valence-corrected chi connectivity index (χ2v) is 5.85. The van der Waals surface area contributed by atoms with Crippen molar-refractivity contribution in [2.75, 3.05) is 19.0 Å². The monoisotopic (exact) mass is 387 g/mol. The van der Waals surface area contributed by atoms with Gasteiger partial charge in [0.1, 0.15) is 11.5 Å². The third-order valence-corrected chi connectivity index (χ3v) is 3.79. The molecule has 0 bridgehead atoms. The number of amides is 1. The summed E-state index contributed by atoms with van der Waals surface area (Å²) in [7, 11) is 1.48. The molecular weight excluding hydrogens is 377 g/mol. The quantitative estimate of drug-likeness (QED) is 0.741. The van der Waals surface area contributed by atoms with Gasteiger partial charge in [-0.25, -0.2) is 0 Å². The van der Waals surface area contributed by atoms with Crippen molar-refractivity contribution in [1.82, 2.24) is 0 Å². The van der Waals surface area contributed by atoms with Gasteiger partial charge >= 0.3 is 0 Å². The molecule has 0 aromatic heterocycles. The van der Waals surface area contributed by atoms with Crippen molar-refractivity contribution in [3.8, 4) is 11.5 Å². The smallest absolute Gasteiger partial charge is 0.262 e. The van der Waals surface area contributed by atoms with Crippen molar-refractivity contribution in [2.45, 2.75) is 0 Å². The number of methoxy groups -OCH3 is 1. The Bertz CT molecular complexity index is 757. The van der Waals surface area contributed by atoms with Crippen LogP contribution in [-0.4, -0.2) is 25.9 Å². The summed E-state index contributed by atoms with van der Waals surface area (Å²) >= 11 is 17.8. The Morgan fingerprint density at radius 1 is 1.17 bits per heavy atom. The fourth-order valence-corrected chi connectivity index (χ4v) is 2.77. The van der Waals surface area contributed by atoms with Gasteiger partial charge in [0.2, 0.25) is 0 Å². The number of carbonyl (C=O) groups is 2. The predicted molar refractivity (Wildman–Crippen MR) is 94.0 cm³/mol. The molecule has 126 valence electrons. The van der Waals surface area contributed by atoms with E-state index >= 15 is 0 Å². The molecule has 0 unspecified atom stereocenters. The minimum Gasteiger partial charge on any atom is -0.497 e. The van der Waals surface area contributed by atoms with E-state index in [9.17, 15) is 9.59 Å². The zero-order valence-corrected chi connectivity index (χ0v) is 14.7. The first-order chi connectivity index (χ1) is 11.4. The van der Waals surface area contributed by atoms with Crippen LogP contribution in [0, 0.1) is 0 Å². The lowest BCUT2D eigenvalue weighted by molar-refractivity contribution is -0.118. The molecule has 24 heavy (non-hydrogen) atoms. The number of hydrogen-bond acceptors (Lipinski definition) is 4. The first-order valence-corrected chi connectivity index (χ1v) is 7.78. The van der Waals surface area contributed by atoms with E-state index in [4.69, 9.17) is 44.3 Å². The summed E-state index contributed by atoms with van der Waals surface area (Å²) < 4.78 is 10.4. The minimum atomic E-state index is -0.492. The van der Waals surface area contributed by atoms with Crippen molar-refractivity contribution < 1.29 is 19.1 Å². The highest BCUT2D eigenvalue weighted by molar-refractivity contribution is 6.42. The Kier molecular flexibility index (Phi) is 6.31. The molecule has 0 spiro atoms. The lowest BCUT2D eigenvalue weighted by Crippen LogP contribution is -2.21. The largest absolute Gasteiger partial charge is 0.497 e. The second-order valence-electron chi connectivity index (χ2n) is 4.60. The normalized spacial score (nSPS) is 10.2. The fraction of sp³-hybridized carbons (Fsp3) is 0.125. The van der Waals surface area contributed by atoms with E-state index in [2.05, 4.69) is 5.32 Å². The van der Waals surface area contributed by atoms with Gasteiger partial charge in [-0.1, -0.05) is 34.8 Å². The Morgan fingerprint density at radius 3 is 2.42 bits per heavy atom. The van der Waals surface area contributed by atoms with Crippen LogP contribution in [0.3, 0.4) is 0 Å². The molecule has 0 fully saturated rings. The van der Waals surface area contributed by atoms with Crippen LogP contribution in [0.15, 0.2) is 30.3 Å². The number of rotatable bonds is 6. The van der Waals surface area contributed by atoms with Gasteiger partial charge in [-0.3, -0.25) is 9.59 Å². The summed E-state index contributed by atoms with van der Waals surface area (Å²) in [6.45, 7) is -0.331. The van der Waals surface area contributed by atoms with E-state index in [1.807, 2.05) is 0 Å². The van der Waals surface area contributed by atoms with Crippen LogP contribution in [-0.2, 0) is 4.79 Å². The molecule has 0 aliphatic heterocycles. The standard InChI is InChI=1S/C16H12Cl3NO4/c1-23-11-2-3-14(9(4-11)7-21)24-8-15(22)20-16-12(18)5-10(17)6-13(16)19/h2-7H,8H2,1H3,(H,20,22). The lowest BCUT2D eigenvalue weighted by Gasteiger charge is -2.12. The molecule has 0 atom stereocenters. The van der Waals surface area contributed by atoms with Crippen LogP contribution in [0.5, 0.6) is 11.5 Å². The predicted octanol–water partition coefficient (Wildman–Crippen LogP) is 4.49. The summed E-state index contributed by atoms with van der Waals surface area (Å²) in [4.78, 5) is 23.1. The maximum absolute atomic E-state index is 12.0. The molecule has 2 aromatic carbocycles. The molecule has 0 saturated heterocycles. The summed E-state index contributed by atoms with van der Waals surface area (Å²) in [5.41, 5.74) is 0.506. The number of carbonyl (C=O) groups excluding carboxylic acids is 2. The average Bonchev–Trinajstić information content (AvgIpc) is 2.56.